The van der Waals surface area contributed by atoms with Crippen molar-refractivity contribution in [3.8, 4) is 22.4 Å². The highest BCUT2D eigenvalue weighted by Crippen LogP contribution is 2.43. The second-order valence-corrected chi connectivity index (χ2v) is 6.71. The quantitative estimate of drug-likeness (QED) is 0.466. The molecule has 0 aliphatic heterocycles. The SMILES string of the molecule is CCOC(=O)c1c(C)nc2c(c1-c1ccc(Cl)cc1)C(=O)c1ccccc1-2. The lowest BCUT2D eigenvalue weighted by Crippen LogP contribution is -2.13. The fraction of sp³-hybridized carbons (Fsp3) is 0.136. The van der Waals surface area contributed by atoms with Crippen LogP contribution in [-0.2, 0) is 4.74 Å². The van der Waals surface area contributed by atoms with Crippen LogP contribution in [0.3, 0.4) is 0 Å². The number of rotatable bonds is 3. The van der Waals surface area contributed by atoms with Crippen LogP contribution < -0.4 is 0 Å². The van der Waals surface area contributed by atoms with E-state index in [4.69, 9.17) is 16.3 Å². The number of ether oxygens (including phenoxy) is 1. The van der Waals surface area contributed by atoms with Crippen molar-refractivity contribution in [3.05, 3.63) is 75.9 Å². The van der Waals surface area contributed by atoms with E-state index >= 15 is 0 Å². The molecule has 0 fully saturated rings. The number of carbonyl (C=O) groups is 2. The maximum absolute atomic E-state index is 13.2. The van der Waals surface area contributed by atoms with Gasteiger partial charge in [-0.2, -0.15) is 0 Å². The summed E-state index contributed by atoms with van der Waals surface area (Å²) in [7, 11) is 0. The van der Waals surface area contributed by atoms with Crippen LogP contribution in [0, 0.1) is 6.92 Å². The Hall–Kier alpha value is -2.98. The number of halogens is 1. The summed E-state index contributed by atoms with van der Waals surface area (Å²) in [5, 5.41) is 0.577. The first-order valence-corrected chi connectivity index (χ1v) is 9.02. The van der Waals surface area contributed by atoms with Crippen LogP contribution in [0.2, 0.25) is 5.02 Å². The van der Waals surface area contributed by atoms with E-state index in [0.717, 1.165) is 11.1 Å². The number of ketones is 1. The third-order valence-corrected chi connectivity index (χ3v) is 4.90. The lowest BCUT2D eigenvalue weighted by molar-refractivity contribution is 0.0526. The van der Waals surface area contributed by atoms with E-state index in [1.165, 1.54) is 0 Å². The van der Waals surface area contributed by atoms with E-state index in [1.807, 2.05) is 18.2 Å². The van der Waals surface area contributed by atoms with Gasteiger partial charge in [0.25, 0.3) is 0 Å². The molecular formula is C22H16ClNO3. The minimum atomic E-state index is -0.487. The molecule has 0 unspecified atom stereocenters. The van der Waals surface area contributed by atoms with Gasteiger partial charge < -0.3 is 4.74 Å². The van der Waals surface area contributed by atoms with Crippen molar-refractivity contribution in [2.45, 2.75) is 13.8 Å². The molecule has 2 aromatic carbocycles. The number of fused-ring (bicyclic) bond motifs is 3. The number of hydrogen-bond acceptors (Lipinski definition) is 4. The van der Waals surface area contributed by atoms with Gasteiger partial charge in [0.2, 0.25) is 0 Å². The van der Waals surface area contributed by atoms with Crippen molar-refractivity contribution in [1.29, 1.82) is 0 Å². The summed E-state index contributed by atoms with van der Waals surface area (Å²) >= 11 is 6.03. The Bertz CT molecular complexity index is 1090. The van der Waals surface area contributed by atoms with Gasteiger partial charge in [0.1, 0.15) is 0 Å². The predicted octanol–water partition coefficient (Wildman–Crippen LogP) is 5.10. The summed E-state index contributed by atoms with van der Waals surface area (Å²) in [6, 6.07) is 14.4. The molecule has 134 valence electrons. The van der Waals surface area contributed by atoms with E-state index in [-0.39, 0.29) is 12.4 Å². The molecule has 1 aliphatic carbocycles. The van der Waals surface area contributed by atoms with Crippen LogP contribution in [-0.4, -0.2) is 23.3 Å². The molecule has 0 bridgehead atoms. The molecule has 4 nitrogen and oxygen atoms in total. The maximum atomic E-state index is 13.2. The van der Waals surface area contributed by atoms with Crippen LogP contribution >= 0.6 is 11.6 Å². The molecule has 1 aromatic heterocycles. The number of hydrogen-bond donors (Lipinski definition) is 0. The number of aryl methyl sites for hydroxylation is 1. The molecule has 0 atom stereocenters. The van der Waals surface area contributed by atoms with Crippen molar-refractivity contribution in [2.75, 3.05) is 6.61 Å². The van der Waals surface area contributed by atoms with Gasteiger partial charge in [-0.05, 0) is 31.5 Å². The number of carbonyl (C=O) groups excluding carboxylic acids is 2. The Kier molecular flexibility index (Phi) is 4.28. The Balaban J connectivity index is 2.08. The molecule has 0 saturated carbocycles. The van der Waals surface area contributed by atoms with Crippen LogP contribution in [0.1, 0.15) is 38.9 Å². The molecule has 5 heteroatoms. The first kappa shape index (κ1) is 17.4. The predicted molar refractivity (Wildman–Crippen MR) is 104 cm³/mol. The smallest absolute Gasteiger partial charge is 0.340 e. The summed E-state index contributed by atoms with van der Waals surface area (Å²) in [4.78, 5) is 30.5. The maximum Gasteiger partial charge on any atom is 0.340 e. The molecule has 27 heavy (non-hydrogen) atoms. The third kappa shape index (κ3) is 2.73. The van der Waals surface area contributed by atoms with Crippen LogP contribution in [0.25, 0.3) is 22.4 Å². The zero-order valence-electron chi connectivity index (χ0n) is 14.9. The summed E-state index contributed by atoms with van der Waals surface area (Å²) in [5.41, 5.74) is 4.54. The first-order chi connectivity index (χ1) is 13.0. The van der Waals surface area contributed by atoms with Crippen molar-refractivity contribution in [2.24, 2.45) is 0 Å². The van der Waals surface area contributed by atoms with Crippen LogP contribution in [0.5, 0.6) is 0 Å². The van der Waals surface area contributed by atoms with Crippen LogP contribution in [0.15, 0.2) is 48.5 Å². The Morgan fingerprint density at radius 1 is 1.04 bits per heavy atom. The molecule has 3 aromatic rings. The minimum absolute atomic E-state index is 0.136. The second-order valence-electron chi connectivity index (χ2n) is 6.27. The first-order valence-electron chi connectivity index (χ1n) is 8.64. The largest absolute Gasteiger partial charge is 0.462 e. The van der Waals surface area contributed by atoms with Crippen molar-refractivity contribution >= 4 is 23.4 Å². The lowest BCUT2D eigenvalue weighted by atomic mass is 9.92. The molecular weight excluding hydrogens is 362 g/mol. The van der Waals surface area contributed by atoms with Crippen molar-refractivity contribution in [3.63, 3.8) is 0 Å². The Morgan fingerprint density at radius 2 is 1.70 bits per heavy atom. The summed E-state index contributed by atoms with van der Waals surface area (Å²) in [5.74, 6) is -0.623. The second kappa shape index (κ2) is 6.63. The highest BCUT2D eigenvalue weighted by molar-refractivity contribution is 6.30. The third-order valence-electron chi connectivity index (χ3n) is 4.64. The zero-order valence-corrected chi connectivity index (χ0v) is 15.6. The van der Waals surface area contributed by atoms with Gasteiger partial charge >= 0.3 is 5.97 Å². The summed E-state index contributed by atoms with van der Waals surface area (Å²) in [6.07, 6.45) is 0. The monoisotopic (exact) mass is 377 g/mol. The average molecular weight is 378 g/mol. The minimum Gasteiger partial charge on any atom is -0.462 e. The normalized spacial score (nSPS) is 11.9. The molecule has 0 saturated heterocycles. The van der Waals surface area contributed by atoms with E-state index in [1.54, 1.807) is 44.2 Å². The van der Waals surface area contributed by atoms with Gasteiger partial charge in [0, 0.05) is 21.7 Å². The van der Waals surface area contributed by atoms with E-state index in [9.17, 15) is 9.59 Å². The summed E-state index contributed by atoms with van der Waals surface area (Å²) in [6.45, 7) is 3.75. The molecule has 0 amide bonds. The van der Waals surface area contributed by atoms with Gasteiger partial charge in [-0.25, -0.2) is 4.79 Å². The van der Waals surface area contributed by atoms with Crippen molar-refractivity contribution < 1.29 is 14.3 Å². The van der Waals surface area contributed by atoms with Gasteiger partial charge in [-0.3, -0.25) is 9.78 Å². The molecule has 4 rings (SSSR count). The molecule has 0 spiro atoms. The number of nitrogens with zero attached hydrogens (tertiary/aromatic N) is 1. The number of aromatic nitrogens is 1. The van der Waals surface area contributed by atoms with Gasteiger partial charge in [0.05, 0.1) is 29.1 Å². The molecule has 1 heterocycles. The highest BCUT2D eigenvalue weighted by atomic mass is 35.5. The topological polar surface area (TPSA) is 56.3 Å². The van der Waals surface area contributed by atoms with Gasteiger partial charge in [-0.1, -0.05) is 48.0 Å². The fourth-order valence-corrected chi connectivity index (χ4v) is 3.63. The molecule has 0 radical (unpaired) electrons. The molecule has 1 aliphatic rings. The fourth-order valence-electron chi connectivity index (χ4n) is 3.50. The standard InChI is InChI=1S/C22H16ClNO3/c1-3-27-22(26)17-12(2)24-20-15-6-4-5-7-16(15)21(25)19(20)18(17)13-8-10-14(23)11-9-13/h4-11H,3H2,1-2H3. The van der Waals surface area contributed by atoms with E-state index in [0.29, 0.717) is 38.7 Å². The number of esters is 1. The van der Waals surface area contributed by atoms with Crippen LogP contribution in [0.4, 0.5) is 0 Å². The van der Waals surface area contributed by atoms with E-state index < -0.39 is 5.97 Å². The van der Waals surface area contributed by atoms with Crippen molar-refractivity contribution in [1.82, 2.24) is 4.98 Å². The van der Waals surface area contributed by atoms with Gasteiger partial charge in [0.15, 0.2) is 5.78 Å². The highest BCUT2D eigenvalue weighted by Gasteiger charge is 2.35. The lowest BCUT2D eigenvalue weighted by Gasteiger charge is -2.16. The average Bonchev–Trinajstić information content (AvgIpc) is 2.94. The van der Waals surface area contributed by atoms with Gasteiger partial charge in [-0.15, -0.1) is 0 Å². The van der Waals surface area contributed by atoms with E-state index in [2.05, 4.69) is 4.98 Å². The zero-order chi connectivity index (χ0) is 19.1. The molecule has 0 N–H and O–H groups in total. The Morgan fingerprint density at radius 3 is 2.37 bits per heavy atom. The summed E-state index contributed by atoms with van der Waals surface area (Å²) < 4.78 is 5.25. The Labute approximate surface area is 161 Å². The number of pyridine rings is 1. The number of benzene rings is 2.